The summed E-state index contributed by atoms with van der Waals surface area (Å²) >= 11 is 0. The average molecular weight is 241 g/mol. The molecule has 0 unspecified atom stereocenters. The first kappa shape index (κ1) is 10.9. The molecular weight excluding hydrogens is 226 g/mol. The highest BCUT2D eigenvalue weighted by atomic mass is 16.5. The van der Waals surface area contributed by atoms with E-state index in [0.29, 0.717) is 12.4 Å². The third-order valence-electron chi connectivity index (χ3n) is 3.03. The van der Waals surface area contributed by atoms with Gasteiger partial charge >= 0.3 is 0 Å². The highest BCUT2D eigenvalue weighted by Gasteiger charge is 2.15. The van der Waals surface area contributed by atoms with Gasteiger partial charge in [0.1, 0.15) is 24.0 Å². The largest absolute Gasteiger partial charge is 0.491 e. The molecule has 2 heterocycles. The third kappa shape index (κ3) is 2.09. The number of anilines is 2. The highest BCUT2D eigenvalue weighted by molar-refractivity contribution is 5.47. The van der Waals surface area contributed by atoms with Crippen molar-refractivity contribution in [2.24, 2.45) is 0 Å². The van der Waals surface area contributed by atoms with Crippen molar-refractivity contribution in [2.45, 2.75) is 6.54 Å². The van der Waals surface area contributed by atoms with Gasteiger partial charge in [-0.1, -0.05) is 24.3 Å². The van der Waals surface area contributed by atoms with Gasteiger partial charge in [-0.25, -0.2) is 4.98 Å². The van der Waals surface area contributed by atoms with Gasteiger partial charge in [0, 0.05) is 12.1 Å². The van der Waals surface area contributed by atoms with Crippen LogP contribution in [0.25, 0.3) is 0 Å². The maximum absolute atomic E-state index is 5.73. The number of benzene rings is 1. The van der Waals surface area contributed by atoms with E-state index >= 15 is 0 Å². The Kier molecular flexibility index (Phi) is 2.76. The van der Waals surface area contributed by atoms with Crippen LogP contribution >= 0.6 is 0 Å². The van der Waals surface area contributed by atoms with Crippen molar-refractivity contribution in [1.82, 2.24) is 4.98 Å². The van der Waals surface area contributed by atoms with Gasteiger partial charge in [0.2, 0.25) is 0 Å². The van der Waals surface area contributed by atoms with Crippen molar-refractivity contribution in [3.63, 3.8) is 0 Å². The third-order valence-corrected chi connectivity index (χ3v) is 3.03. The predicted octanol–water partition coefficient (Wildman–Crippen LogP) is 2.06. The van der Waals surface area contributed by atoms with E-state index in [4.69, 9.17) is 10.5 Å². The number of hydrogen-bond acceptors (Lipinski definition) is 4. The minimum atomic E-state index is 0.547. The second-order valence-electron chi connectivity index (χ2n) is 4.30. The summed E-state index contributed by atoms with van der Waals surface area (Å²) in [5.41, 5.74) is 6.91. The topological polar surface area (TPSA) is 51.4 Å². The molecule has 0 bridgehead atoms. The molecule has 1 aromatic heterocycles. The summed E-state index contributed by atoms with van der Waals surface area (Å²) in [4.78, 5) is 6.54. The van der Waals surface area contributed by atoms with Crippen LogP contribution in [0.5, 0.6) is 5.75 Å². The molecule has 0 radical (unpaired) electrons. The summed E-state index contributed by atoms with van der Waals surface area (Å²) in [6.07, 6.45) is 0. The van der Waals surface area contributed by atoms with Gasteiger partial charge in [-0.2, -0.15) is 0 Å². The lowest BCUT2D eigenvalue weighted by molar-refractivity contribution is 0.331. The minimum absolute atomic E-state index is 0.547. The molecular formula is C14H15N3O. The highest BCUT2D eigenvalue weighted by Crippen LogP contribution is 2.25. The Bertz CT molecular complexity index is 556. The lowest BCUT2D eigenvalue weighted by Crippen LogP contribution is -2.26. The molecule has 2 N–H and O–H groups in total. The molecule has 92 valence electrons. The van der Waals surface area contributed by atoms with Crippen LogP contribution in [0.4, 0.5) is 11.6 Å². The Balaban J connectivity index is 1.91. The van der Waals surface area contributed by atoms with Gasteiger partial charge in [0.05, 0.1) is 6.54 Å². The molecule has 0 amide bonds. The van der Waals surface area contributed by atoms with E-state index in [2.05, 4.69) is 16.0 Å². The number of hydrogen-bond donors (Lipinski definition) is 1. The van der Waals surface area contributed by atoms with Gasteiger partial charge in [0.15, 0.2) is 0 Å². The molecule has 4 nitrogen and oxygen atoms in total. The predicted molar refractivity (Wildman–Crippen MR) is 71.6 cm³/mol. The van der Waals surface area contributed by atoms with Crippen molar-refractivity contribution < 1.29 is 4.74 Å². The summed E-state index contributed by atoms with van der Waals surface area (Å²) in [5.74, 6) is 2.41. The van der Waals surface area contributed by atoms with Gasteiger partial charge in [-0.3, -0.25) is 0 Å². The quantitative estimate of drug-likeness (QED) is 0.830. The smallest absolute Gasteiger partial charge is 0.131 e. The molecule has 0 spiro atoms. The number of fused-ring (bicyclic) bond motifs is 1. The van der Waals surface area contributed by atoms with E-state index < -0.39 is 0 Å². The van der Waals surface area contributed by atoms with E-state index in [9.17, 15) is 0 Å². The van der Waals surface area contributed by atoms with Crippen LogP contribution in [0, 0.1) is 0 Å². The van der Waals surface area contributed by atoms with Crippen molar-refractivity contribution >= 4 is 11.6 Å². The van der Waals surface area contributed by atoms with E-state index in [1.807, 2.05) is 30.3 Å². The van der Waals surface area contributed by atoms with Crippen molar-refractivity contribution in [3.05, 3.63) is 48.0 Å². The van der Waals surface area contributed by atoms with Gasteiger partial charge in [0.25, 0.3) is 0 Å². The lowest BCUT2D eigenvalue weighted by Gasteiger charge is -2.20. The molecule has 18 heavy (non-hydrogen) atoms. The number of aromatic nitrogens is 1. The van der Waals surface area contributed by atoms with E-state index in [1.165, 1.54) is 5.56 Å². The number of rotatable bonds is 1. The lowest BCUT2D eigenvalue weighted by atomic mass is 10.2. The van der Waals surface area contributed by atoms with Crippen LogP contribution in [-0.4, -0.2) is 18.1 Å². The second kappa shape index (κ2) is 4.56. The Morgan fingerprint density at radius 3 is 2.89 bits per heavy atom. The van der Waals surface area contributed by atoms with Crippen molar-refractivity contribution in [2.75, 3.05) is 23.8 Å². The summed E-state index contributed by atoms with van der Waals surface area (Å²) < 4.78 is 5.73. The fourth-order valence-electron chi connectivity index (χ4n) is 2.14. The zero-order chi connectivity index (χ0) is 12.4. The number of ether oxygens (including phenoxy) is 1. The molecule has 0 saturated carbocycles. The first-order chi connectivity index (χ1) is 8.83. The van der Waals surface area contributed by atoms with Crippen LogP contribution in [0.1, 0.15) is 5.56 Å². The second-order valence-corrected chi connectivity index (χ2v) is 4.30. The first-order valence-corrected chi connectivity index (χ1v) is 6.01. The van der Waals surface area contributed by atoms with E-state index in [1.54, 1.807) is 6.07 Å². The Labute approximate surface area is 106 Å². The maximum atomic E-state index is 5.73. The zero-order valence-corrected chi connectivity index (χ0v) is 10.0. The number of nitrogen functional groups attached to an aromatic ring is 1. The van der Waals surface area contributed by atoms with Crippen LogP contribution in [0.3, 0.4) is 0 Å². The van der Waals surface area contributed by atoms with Crippen molar-refractivity contribution in [1.29, 1.82) is 0 Å². The summed E-state index contributed by atoms with van der Waals surface area (Å²) in [6.45, 7) is 2.27. The van der Waals surface area contributed by atoms with Crippen LogP contribution in [0.2, 0.25) is 0 Å². The summed E-state index contributed by atoms with van der Waals surface area (Å²) in [6, 6.07) is 13.8. The minimum Gasteiger partial charge on any atom is -0.491 e. The molecule has 3 rings (SSSR count). The molecule has 0 aliphatic carbocycles. The van der Waals surface area contributed by atoms with Crippen LogP contribution < -0.4 is 15.4 Å². The van der Waals surface area contributed by atoms with Gasteiger partial charge in [-0.05, 0) is 18.2 Å². The van der Waals surface area contributed by atoms with Gasteiger partial charge in [-0.15, -0.1) is 0 Å². The SMILES string of the molecule is Nc1cccc(N2CCOc3ccccc3C2)n1. The Hall–Kier alpha value is -2.23. The average Bonchev–Trinajstić information content (AvgIpc) is 2.60. The molecule has 1 aromatic carbocycles. The molecule has 1 aliphatic heterocycles. The molecule has 0 fully saturated rings. The molecule has 2 aromatic rings. The standard InChI is InChI=1S/C14H15N3O/c15-13-6-3-7-14(16-13)17-8-9-18-12-5-2-1-4-11(12)10-17/h1-7H,8-10H2,(H2,15,16). The zero-order valence-electron chi connectivity index (χ0n) is 10.0. The molecule has 4 heteroatoms. The van der Waals surface area contributed by atoms with E-state index in [-0.39, 0.29) is 0 Å². The first-order valence-electron chi connectivity index (χ1n) is 6.01. The Morgan fingerprint density at radius 1 is 1.11 bits per heavy atom. The van der Waals surface area contributed by atoms with Crippen LogP contribution in [0.15, 0.2) is 42.5 Å². The summed E-state index contributed by atoms with van der Waals surface area (Å²) in [7, 11) is 0. The van der Waals surface area contributed by atoms with E-state index in [0.717, 1.165) is 24.7 Å². The molecule has 1 aliphatic rings. The number of nitrogens with zero attached hydrogens (tertiary/aromatic N) is 2. The monoisotopic (exact) mass is 241 g/mol. The fraction of sp³-hybridized carbons (Fsp3) is 0.214. The fourth-order valence-corrected chi connectivity index (χ4v) is 2.14. The maximum Gasteiger partial charge on any atom is 0.131 e. The number of para-hydroxylation sites is 1. The Morgan fingerprint density at radius 2 is 2.00 bits per heavy atom. The van der Waals surface area contributed by atoms with Gasteiger partial charge < -0.3 is 15.4 Å². The molecule has 0 saturated heterocycles. The number of pyridine rings is 1. The molecule has 0 atom stereocenters. The van der Waals surface area contributed by atoms with Crippen LogP contribution in [-0.2, 0) is 6.54 Å². The summed E-state index contributed by atoms with van der Waals surface area (Å²) in [5, 5.41) is 0. The van der Waals surface area contributed by atoms with Crippen molar-refractivity contribution in [3.8, 4) is 5.75 Å². The number of nitrogens with two attached hydrogens (primary N) is 1. The normalized spacial score (nSPS) is 14.6.